The molecule has 5 nitrogen and oxygen atoms in total. The second-order valence-electron chi connectivity index (χ2n) is 2.96. The molecule has 0 aromatic carbocycles. The van der Waals surface area contributed by atoms with E-state index in [2.05, 4.69) is 9.97 Å². The van der Waals surface area contributed by atoms with E-state index in [4.69, 9.17) is 22.4 Å². The molecule has 78 valence electrons. The molecule has 0 atom stereocenters. The highest BCUT2D eigenvalue weighted by atomic mass is 35.5. The molecule has 0 radical (unpaired) electrons. The third-order valence-electron chi connectivity index (χ3n) is 1.89. The Labute approximate surface area is 87.5 Å². The van der Waals surface area contributed by atoms with Crippen LogP contribution < -0.4 is 10.6 Å². The number of halogens is 1. The summed E-state index contributed by atoms with van der Waals surface area (Å²) in [4.78, 5) is 9.64. The van der Waals surface area contributed by atoms with Gasteiger partial charge >= 0.3 is 0 Å². The molecule has 1 aromatic rings. The molecule has 1 rings (SSSR count). The van der Waals surface area contributed by atoms with Crippen LogP contribution in [-0.4, -0.2) is 35.3 Å². The van der Waals surface area contributed by atoms with Gasteiger partial charge in [0.1, 0.15) is 0 Å². The van der Waals surface area contributed by atoms with Crippen LogP contribution >= 0.6 is 11.6 Å². The lowest BCUT2D eigenvalue weighted by molar-refractivity contribution is 0.304. The quantitative estimate of drug-likeness (QED) is 0.718. The Morgan fingerprint density at radius 2 is 2.14 bits per heavy atom. The number of nitrogen functional groups attached to an aromatic ring is 1. The van der Waals surface area contributed by atoms with E-state index < -0.39 is 0 Å². The largest absolute Gasteiger partial charge is 0.395 e. The average Bonchev–Trinajstić information content (AvgIpc) is 2.11. The minimum absolute atomic E-state index is 0.0383. The zero-order valence-corrected chi connectivity index (χ0v) is 8.91. The fourth-order valence-electron chi connectivity index (χ4n) is 1.08. The maximum Gasteiger partial charge on any atom is 0.224 e. The number of likely N-dealkylation sites (N-methyl/N-ethyl adjacent to an activating group) is 1. The summed E-state index contributed by atoms with van der Waals surface area (Å²) in [5.74, 6) is 0.552. The number of nitrogens with two attached hydrogens (primary N) is 1. The molecule has 1 heterocycles. The first-order valence-corrected chi connectivity index (χ1v) is 4.55. The maximum absolute atomic E-state index is 8.77. The predicted molar refractivity (Wildman–Crippen MR) is 56.5 cm³/mol. The first-order chi connectivity index (χ1) is 6.56. The second kappa shape index (κ2) is 4.43. The monoisotopic (exact) mass is 216 g/mol. The Morgan fingerprint density at radius 3 is 2.71 bits per heavy atom. The van der Waals surface area contributed by atoms with Crippen molar-refractivity contribution >= 4 is 23.1 Å². The van der Waals surface area contributed by atoms with Crippen molar-refractivity contribution in [2.24, 2.45) is 0 Å². The molecule has 0 bridgehead atoms. The third-order valence-corrected chi connectivity index (χ3v) is 2.05. The summed E-state index contributed by atoms with van der Waals surface area (Å²) in [5.41, 5.74) is 6.91. The van der Waals surface area contributed by atoms with Gasteiger partial charge in [-0.3, -0.25) is 0 Å². The molecule has 0 unspecified atom stereocenters. The fourth-order valence-corrected chi connectivity index (χ4v) is 1.29. The minimum Gasteiger partial charge on any atom is -0.395 e. The van der Waals surface area contributed by atoms with Gasteiger partial charge in [0, 0.05) is 13.6 Å². The van der Waals surface area contributed by atoms with Crippen LogP contribution in [0, 0.1) is 6.92 Å². The SMILES string of the molecule is Cc1nc(Cl)nc(N(C)CCO)c1N. The van der Waals surface area contributed by atoms with Gasteiger partial charge in [-0.05, 0) is 18.5 Å². The number of hydrogen-bond acceptors (Lipinski definition) is 5. The molecular weight excluding hydrogens is 204 g/mol. The van der Waals surface area contributed by atoms with Crippen LogP contribution in [0.25, 0.3) is 0 Å². The molecule has 6 heteroatoms. The van der Waals surface area contributed by atoms with Gasteiger partial charge in [-0.25, -0.2) is 4.98 Å². The van der Waals surface area contributed by atoms with Crippen LogP contribution in [0.5, 0.6) is 0 Å². The Hall–Kier alpha value is -1.07. The van der Waals surface area contributed by atoms with E-state index in [9.17, 15) is 0 Å². The summed E-state index contributed by atoms with van der Waals surface area (Å²) in [6, 6.07) is 0. The molecule has 0 spiro atoms. The smallest absolute Gasteiger partial charge is 0.224 e. The lowest BCUT2D eigenvalue weighted by Gasteiger charge is -2.19. The Balaban J connectivity index is 3.07. The average molecular weight is 217 g/mol. The highest BCUT2D eigenvalue weighted by Gasteiger charge is 2.11. The van der Waals surface area contributed by atoms with Crippen molar-refractivity contribution in [2.45, 2.75) is 6.92 Å². The lowest BCUT2D eigenvalue weighted by atomic mass is 10.3. The lowest BCUT2D eigenvalue weighted by Crippen LogP contribution is -2.24. The molecule has 0 aliphatic rings. The van der Waals surface area contributed by atoms with Gasteiger partial charge in [0.05, 0.1) is 18.0 Å². The van der Waals surface area contributed by atoms with Crippen molar-refractivity contribution < 1.29 is 5.11 Å². The van der Waals surface area contributed by atoms with Gasteiger partial charge in [0.15, 0.2) is 5.82 Å². The Kier molecular flexibility index (Phi) is 3.49. The zero-order valence-electron chi connectivity index (χ0n) is 8.16. The standard InChI is InChI=1S/C8H13ClN4O/c1-5-6(10)7(12-8(9)11-5)13(2)3-4-14/h14H,3-4,10H2,1-2H3. The van der Waals surface area contributed by atoms with Crippen molar-refractivity contribution in [3.8, 4) is 0 Å². The molecular formula is C8H13ClN4O. The molecule has 14 heavy (non-hydrogen) atoms. The molecule has 0 aliphatic carbocycles. The first kappa shape index (κ1) is 11.0. The number of nitrogens with zero attached hydrogens (tertiary/aromatic N) is 3. The van der Waals surface area contributed by atoms with Gasteiger partial charge in [-0.2, -0.15) is 4.98 Å². The molecule has 0 saturated carbocycles. The van der Waals surface area contributed by atoms with Crippen LogP contribution in [0.15, 0.2) is 0 Å². The van der Waals surface area contributed by atoms with E-state index in [0.29, 0.717) is 23.7 Å². The van der Waals surface area contributed by atoms with E-state index in [-0.39, 0.29) is 11.9 Å². The molecule has 0 fully saturated rings. The van der Waals surface area contributed by atoms with Gasteiger partial charge in [0.2, 0.25) is 5.28 Å². The summed E-state index contributed by atoms with van der Waals surface area (Å²) >= 11 is 5.70. The maximum atomic E-state index is 8.77. The van der Waals surface area contributed by atoms with Gasteiger partial charge in [-0.15, -0.1) is 0 Å². The van der Waals surface area contributed by atoms with E-state index in [1.54, 1.807) is 18.9 Å². The van der Waals surface area contributed by atoms with Crippen LogP contribution in [0.1, 0.15) is 5.69 Å². The number of aromatic nitrogens is 2. The summed E-state index contributed by atoms with van der Waals surface area (Å²) in [6.07, 6.45) is 0. The Morgan fingerprint density at radius 1 is 1.50 bits per heavy atom. The van der Waals surface area contributed by atoms with Gasteiger partial charge < -0.3 is 15.7 Å². The fraction of sp³-hybridized carbons (Fsp3) is 0.500. The van der Waals surface area contributed by atoms with Crippen LogP contribution in [0.2, 0.25) is 5.28 Å². The van der Waals surface area contributed by atoms with Crippen molar-refractivity contribution in [1.82, 2.24) is 9.97 Å². The summed E-state index contributed by atoms with van der Waals surface area (Å²) < 4.78 is 0. The minimum atomic E-state index is 0.0383. The topological polar surface area (TPSA) is 75.3 Å². The molecule has 0 amide bonds. The highest BCUT2D eigenvalue weighted by Crippen LogP contribution is 2.23. The third kappa shape index (κ3) is 2.24. The summed E-state index contributed by atoms with van der Waals surface area (Å²) in [7, 11) is 1.78. The molecule has 0 aliphatic heterocycles. The Bertz CT molecular complexity index is 331. The highest BCUT2D eigenvalue weighted by molar-refractivity contribution is 6.28. The van der Waals surface area contributed by atoms with E-state index in [1.807, 2.05) is 0 Å². The van der Waals surface area contributed by atoms with E-state index in [0.717, 1.165) is 0 Å². The van der Waals surface area contributed by atoms with Crippen LogP contribution in [0.4, 0.5) is 11.5 Å². The number of rotatable bonds is 3. The molecule has 0 saturated heterocycles. The van der Waals surface area contributed by atoms with Gasteiger partial charge in [-0.1, -0.05) is 0 Å². The van der Waals surface area contributed by atoms with Crippen molar-refractivity contribution in [3.63, 3.8) is 0 Å². The number of aliphatic hydroxyl groups is 1. The van der Waals surface area contributed by atoms with E-state index >= 15 is 0 Å². The first-order valence-electron chi connectivity index (χ1n) is 4.18. The van der Waals surface area contributed by atoms with Crippen LogP contribution in [0.3, 0.4) is 0 Å². The summed E-state index contributed by atoms with van der Waals surface area (Å²) in [6.45, 7) is 2.26. The van der Waals surface area contributed by atoms with Crippen molar-refractivity contribution in [1.29, 1.82) is 0 Å². The molecule has 3 N–H and O–H groups in total. The zero-order chi connectivity index (χ0) is 10.7. The number of hydrogen-bond donors (Lipinski definition) is 2. The number of aryl methyl sites for hydroxylation is 1. The van der Waals surface area contributed by atoms with Crippen LogP contribution in [-0.2, 0) is 0 Å². The molecule has 1 aromatic heterocycles. The van der Waals surface area contributed by atoms with Gasteiger partial charge in [0.25, 0.3) is 0 Å². The van der Waals surface area contributed by atoms with Crippen molar-refractivity contribution in [3.05, 3.63) is 11.0 Å². The number of aliphatic hydroxyl groups excluding tert-OH is 1. The normalized spacial score (nSPS) is 10.3. The second-order valence-corrected chi connectivity index (χ2v) is 3.30. The van der Waals surface area contributed by atoms with E-state index in [1.165, 1.54) is 0 Å². The summed E-state index contributed by atoms with van der Waals surface area (Å²) in [5, 5.41) is 8.93. The predicted octanol–water partition coefficient (Wildman–Crippen LogP) is 0.449. The van der Waals surface area contributed by atoms with Crippen molar-refractivity contribution in [2.75, 3.05) is 30.8 Å². The number of anilines is 2.